The highest BCUT2D eigenvalue weighted by Gasteiger charge is 2.16. The summed E-state index contributed by atoms with van der Waals surface area (Å²) in [6.07, 6.45) is 4.04. The maximum Gasteiger partial charge on any atom is 0.0605 e. The molecule has 2 rings (SSSR count). The monoisotopic (exact) mass is 227 g/mol. The number of benzene rings is 1. The molecule has 1 aliphatic rings. The molecule has 0 amide bonds. The molecule has 0 saturated carbocycles. The first kappa shape index (κ1) is 12.2. The summed E-state index contributed by atoms with van der Waals surface area (Å²) in [5.41, 5.74) is 1.12. The average molecular weight is 227 g/mol. The van der Waals surface area contributed by atoms with Crippen molar-refractivity contribution in [3.63, 3.8) is 0 Å². The summed E-state index contributed by atoms with van der Waals surface area (Å²) in [5, 5.41) is 0. The van der Waals surface area contributed by atoms with Crippen LogP contribution in [0.5, 0.6) is 0 Å². The lowest BCUT2D eigenvalue weighted by Crippen LogP contribution is -2.33. The Morgan fingerprint density at radius 1 is 1.18 bits per heavy atom. The van der Waals surface area contributed by atoms with Gasteiger partial charge in [-0.25, -0.2) is 0 Å². The molecule has 0 atom stereocenters. The van der Waals surface area contributed by atoms with Crippen LogP contribution < -0.4 is 0 Å². The van der Waals surface area contributed by atoms with E-state index in [2.05, 4.69) is 35.8 Å². The zero-order valence-corrected chi connectivity index (χ0v) is 10.7. The van der Waals surface area contributed by atoms with Gasteiger partial charge in [-0.3, -0.25) is 4.90 Å². The number of nitrogens with zero attached hydrogens (tertiary/aromatic N) is 1. The molecule has 1 saturated heterocycles. The number of hydrogen-bond acceptors (Lipinski definition) is 1. The molecule has 1 heterocycles. The minimum atomic E-state index is 0.922. The number of rotatable bonds is 2. The smallest absolute Gasteiger partial charge is 0.0605 e. The van der Waals surface area contributed by atoms with Crippen molar-refractivity contribution in [3.8, 4) is 11.8 Å². The van der Waals surface area contributed by atoms with E-state index in [1.165, 1.54) is 32.4 Å². The fraction of sp³-hybridized carbons (Fsp3) is 0.500. The normalized spacial score (nSPS) is 17.5. The van der Waals surface area contributed by atoms with E-state index in [9.17, 15) is 0 Å². The van der Waals surface area contributed by atoms with Gasteiger partial charge in [-0.05, 0) is 44.0 Å². The van der Waals surface area contributed by atoms with Crippen LogP contribution in [0.3, 0.4) is 0 Å². The molecule has 17 heavy (non-hydrogen) atoms. The second-order valence-electron chi connectivity index (χ2n) is 4.80. The first-order chi connectivity index (χ1) is 8.38. The maximum atomic E-state index is 3.28. The summed E-state index contributed by atoms with van der Waals surface area (Å²) < 4.78 is 0. The standard InChI is InChI=1S/C16H21N/c1-2-15-10-13-17(14-11-15)12-6-9-16-7-4-3-5-8-16/h3-5,7-8,15H,2,10-14H2,1H3. The van der Waals surface area contributed by atoms with Crippen LogP contribution in [0.4, 0.5) is 0 Å². The highest BCUT2D eigenvalue weighted by Crippen LogP contribution is 2.19. The van der Waals surface area contributed by atoms with Crippen molar-refractivity contribution in [1.29, 1.82) is 0 Å². The van der Waals surface area contributed by atoms with Gasteiger partial charge in [0.15, 0.2) is 0 Å². The Hall–Kier alpha value is -1.26. The van der Waals surface area contributed by atoms with Gasteiger partial charge in [-0.1, -0.05) is 43.4 Å². The molecule has 0 unspecified atom stereocenters. The maximum absolute atomic E-state index is 3.28. The van der Waals surface area contributed by atoms with Crippen molar-refractivity contribution < 1.29 is 0 Å². The zero-order valence-electron chi connectivity index (χ0n) is 10.7. The molecule has 0 aliphatic carbocycles. The summed E-state index contributed by atoms with van der Waals surface area (Å²) in [7, 11) is 0. The first-order valence-electron chi connectivity index (χ1n) is 6.64. The number of piperidine rings is 1. The fourth-order valence-corrected chi connectivity index (χ4v) is 2.33. The molecule has 0 bridgehead atoms. The van der Waals surface area contributed by atoms with Gasteiger partial charge in [-0.15, -0.1) is 0 Å². The van der Waals surface area contributed by atoms with E-state index in [0.717, 1.165) is 18.0 Å². The van der Waals surface area contributed by atoms with E-state index in [0.29, 0.717) is 0 Å². The number of hydrogen-bond donors (Lipinski definition) is 0. The molecule has 90 valence electrons. The molecule has 1 aromatic rings. The number of likely N-dealkylation sites (tertiary alicyclic amines) is 1. The van der Waals surface area contributed by atoms with Crippen molar-refractivity contribution in [3.05, 3.63) is 35.9 Å². The quantitative estimate of drug-likeness (QED) is 0.702. The van der Waals surface area contributed by atoms with Crippen LogP contribution in [-0.4, -0.2) is 24.5 Å². The second-order valence-corrected chi connectivity index (χ2v) is 4.80. The molecule has 1 aliphatic heterocycles. The van der Waals surface area contributed by atoms with Gasteiger partial charge in [0.05, 0.1) is 6.54 Å². The average Bonchev–Trinajstić information content (AvgIpc) is 2.41. The molecule has 1 heteroatoms. The Labute approximate surface area is 105 Å². The Balaban J connectivity index is 1.78. The van der Waals surface area contributed by atoms with Crippen LogP contribution in [0.15, 0.2) is 30.3 Å². The van der Waals surface area contributed by atoms with Crippen molar-refractivity contribution in [2.45, 2.75) is 26.2 Å². The van der Waals surface area contributed by atoms with Gasteiger partial charge in [-0.2, -0.15) is 0 Å². The van der Waals surface area contributed by atoms with E-state index in [4.69, 9.17) is 0 Å². The minimum Gasteiger partial charge on any atom is -0.292 e. The van der Waals surface area contributed by atoms with Crippen molar-refractivity contribution in [2.75, 3.05) is 19.6 Å². The third-order valence-corrected chi connectivity index (χ3v) is 3.59. The fourth-order valence-electron chi connectivity index (χ4n) is 2.33. The van der Waals surface area contributed by atoms with Crippen molar-refractivity contribution >= 4 is 0 Å². The van der Waals surface area contributed by atoms with Gasteiger partial charge >= 0.3 is 0 Å². The van der Waals surface area contributed by atoms with E-state index < -0.39 is 0 Å². The van der Waals surface area contributed by atoms with Crippen LogP contribution in [0.1, 0.15) is 31.7 Å². The van der Waals surface area contributed by atoms with Gasteiger partial charge in [0.25, 0.3) is 0 Å². The Bertz CT molecular complexity index is 377. The van der Waals surface area contributed by atoms with Gasteiger partial charge in [0.2, 0.25) is 0 Å². The summed E-state index contributed by atoms with van der Waals surface area (Å²) in [5.74, 6) is 7.46. The predicted octanol–water partition coefficient (Wildman–Crippen LogP) is 3.16. The molecule has 0 radical (unpaired) electrons. The molecule has 0 N–H and O–H groups in total. The molecule has 1 nitrogen and oxygen atoms in total. The largest absolute Gasteiger partial charge is 0.292 e. The SMILES string of the molecule is CCC1CCN(CC#Cc2ccccc2)CC1. The van der Waals surface area contributed by atoms with Gasteiger partial charge in [0.1, 0.15) is 0 Å². The second kappa shape index (κ2) is 6.47. The highest BCUT2D eigenvalue weighted by atomic mass is 15.1. The Morgan fingerprint density at radius 2 is 1.88 bits per heavy atom. The molecule has 1 aromatic carbocycles. The zero-order chi connectivity index (χ0) is 11.9. The van der Waals surface area contributed by atoms with Crippen LogP contribution >= 0.6 is 0 Å². The Morgan fingerprint density at radius 3 is 2.53 bits per heavy atom. The summed E-state index contributed by atoms with van der Waals surface area (Å²) in [6, 6.07) is 10.2. The third-order valence-electron chi connectivity index (χ3n) is 3.59. The van der Waals surface area contributed by atoms with Crippen LogP contribution in [0.2, 0.25) is 0 Å². The summed E-state index contributed by atoms with van der Waals surface area (Å²) in [6.45, 7) is 5.67. The highest BCUT2D eigenvalue weighted by molar-refractivity contribution is 5.33. The van der Waals surface area contributed by atoms with Crippen LogP contribution in [0.25, 0.3) is 0 Å². The Kier molecular flexibility index (Phi) is 4.64. The first-order valence-corrected chi connectivity index (χ1v) is 6.64. The predicted molar refractivity (Wildman–Crippen MR) is 72.8 cm³/mol. The van der Waals surface area contributed by atoms with E-state index in [1.54, 1.807) is 0 Å². The molecule has 0 spiro atoms. The van der Waals surface area contributed by atoms with Gasteiger partial charge < -0.3 is 0 Å². The lowest BCUT2D eigenvalue weighted by Gasteiger charge is -2.29. The van der Waals surface area contributed by atoms with Crippen LogP contribution in [-0.2, 0) is 0 Å². The van der Waals surface area contributed by atoms with Crippen molar-refractivity contribution in [1.82, 2.24) is 4.90 Å². The molecule has 0 aromatic heterocycles. The summed E-state index contributed by atoms with van der Waals surface area (Å²) >= 11 is 0. The molecule has 1 fully saturated rings. The van der Waals surface area contributed by atoms with E-state index >= 15 is 0 Å². The van der Waals surface area contributed by atoms with E-state index in [1.807, 2.05) is 18.2 Å². The van der Waals surface area contributed by atoms with E-state index in [-0.39, 0.29) is 0 Å². The topological polar surface area (TPSA) is 3.24 Å². The lowest BCUT2D eigenvalue weighted by atomic mass is 9.94. The van der Waals surface area contributed by atoms with Gasteiger partial charge in [0, 0.05) is 5.56 Å². The molecular weight excluding hydrogens is 206 g/mol. The van der Waals surface area contributed by atoms with Crippen molar-refractivity contribution in [2.24, 2.45) is 5.92 Å². The summed E-state index contributed by atoms with van der Waals surface area (Å²) in [4.78, 5) is 2.47. The minimum absolute atomic E-state index is 0.922. The molecular formula is C16H21N. The van der Waals surface area contributed by atoms with Crippen LogP contribution in [0, 0.1) is 17.8 Å². The third kappa shape index (κ3) is 3.91. The lowest BCUT2D eigenvalue weighted by molar-refractivity contribution is 0.200.